The predicted molar refractivity (Wildman–Crippen MR) is 77.5 cm³/mol. The summed E-state index contributed by atoms with van der Waals surface area (Å²) >= 11 is 1.53. The molecule has 1 unspecified atom stereocenters. The molecule has 1 aromatic rings. The third-order valence-electron chi connectivity index (χ3n) is 3.54. The van der Waals surface area contributed by atoms with Crippen molar-refractivity contribution in [2.75, 3.05) is 32.1 Å². The first kappa shape index (κ1) is 13.7. The van der Waals surface area contributed by atoms with Crippen molar-refractivity contribution in [1.82, 2.24) is 14.3 Å². The standard InChI is InChI=1S/C13H24N4S/c1-13(2,3)11-14-12(18-15-11)17(5)10-7-6-8-16(4)9-10/h10H,6-9H2,1-5H3. The number of hydrogen-bond acceptors (Lipinski definition) is 5. The number of nitrogens with zero attached hydrogens (tertiary/aromatic N) is 4. The summed E-state index contributed by atoms with van der Waals surface area (Å²) in [6, 6.07) is 0.574. The monoisotopic (exact) mass is 268 g/mol. The Morgan fingerprint density at radius 2 is 2.11 bits per heavy atom. The van der Waals surface area contributed by atoms with Crippen LogP contribution in [0.15, 0.2) is 0 Å². The quantitative estimate of drug-likeness (QED) is 0.824. The van der Waals surface area contributed by atoms with Crippen LogP contribution in [0.4, 0.5) is 5.13 Å². The largest absolute Gasteiger partial charge is 0.346 e. The average molecular weight is 268 g/mol. The van der Waals surface area contributed by atoms with E-state index < -0.39 is 0 Å². The Bertz CT molecular complexity index is 396. The van der Waals surface area contributed by atoms with Crippen molar-refractivity contribution in [2.45, 2.75) is 45.1 Å². The molecule has 0 spiro atoms. The highest BCUT2D eigenvalue weighted by Gasteiger charge is 2.25. The molecule has 0 N–H and O–H groups in total. The van der Waals surface area contributed by atoms with Crippen molar-refractivity contribution >= 4 is 16.7 Å². The van der Waals surface area contributed by atoms with Crippen molar-refractivity contribution in [2.24, 2.45) is 0 Å². The minimum absolute atomic E-state index is 0.0406. The second kappa shape index (κ2) is 5.13. The van der Waals surface area contributed by atoms with Gasteiger partial charge in [-0.05, 0) is 26.4 Å². The average Bonchev–Trinajstić information content (AvgIpc) is 2.77. The van der Waals surface area contributed by atoms with Crippen molar-refractivity contribution in [1.29, 1.82) is 0 Å². The summed E-state index contributed by atoms with van der Waals surface area (Å²) in [6.45, 7) is 8.82. The Morgan fingerprint density at radius 3 is 2.67 bits per heavy atom. The zero-order valence-corrected chi connectivity index (χ0v) is 12.9. The predicted octanol–water partition coefficient (Wildman–Crippen LogP) is 2.37. The van der Waals surface area contributed by atoms with E-state index in [4.69, 9.17) is 4.98 Å². The Hall–Kier alpha value is -0.680. The molecule has 18 heavy (non-hydrogen) atoms. The molecule has 5 heteroatoms. The molecule has 0 bridgehead atoms. The number of hydrogen-bond donors (Lipinski definition) is 0. The third-order valence-corrected chi connectivity index (χ3v) is 4.34. The maximum Gasteiger partial charge on any atom is 0.205 e. The number of aromatic nitrogens is 2. The third kappa shape index (κ3) is 3.01. The molecule has 1 aromatic heterocycles. The second-order valence-electron chi connectivity index (χ2n) is 6.32. The van der Waals surface area contributed by atoms with Gasteiger partial charge in [0.15, 0.2) is 0 Å². The van der Waals surface area contributed by atoms with Crippen LogP contribution in [-0.4, -0.2) is 47.5 Å². The van der Waals surface area contributed by atoms with Gasteiger partial charge in [0.05, 0.1) is 0 Å². The van der Waals surface area contributed by atoms with Gasteiger partial charge in [-0.15, -0.1) is 0 Å². The van der Waals surface area contributed by atoms with Crippen LogP contribution < -0.4 is 4.90 Å². The molecular formula is C13H24N4S. The van der Waals surface area contributed by atoms with E-state index in [0.29, 0.717) is 6.04 Å². The maximum absolute atomic E-state index is 4.70. The topological polar surface area (TPSA) is 32.3 Å². The fraction of sp³-hybridized carbons (Fsp3) is 0.846. The number of piperidine rings is 1. The zero-order valence-electron chi connectivity index (χ0n) is 12.1. The molecule has 0 radical (unpaired) electrons. The van der Waals surface area contributed by atoms with Crippen LogP contribution >= 0.6 is 11.5 Å². The molecule has 102 valence electrons. The van der Waals surface area contributed by atoms with Crippen molar-refractivity contribution in [3.05, 3.63) is 5.82 Å². The maximum atomic E-state index is 4.70. The summed E-state index contributed by atoms with van der Waals surface area (Å²) in [5.41, 5.74) is 0.0406. The number of anilines is 1. The van der Waals surface area contributed by atoms with Crippen LogP contribution in [0.2, 0.25) is 0 Å². The number of likely N-dealkylation sites (N-methyl/N-ethyl adjacent to an activating group) is 2. The minimum atomic E-state index is 0.0406. The highest BCUT2D eigenvalue weighted by atomic mass is 32.1. The number of likely N-dealkylation sites (tertiary alicyclic amines) is 1. The van der Waals surface area contributed by atoms with Crippen LogP contribution in [0, 0.1) is 0 Å². The fourth-order valence-corrected chi connectivity index (χ4v) is 3.16. The lowest BCUT2D eigenvalue weighted by molar-refractivity contribution is 0.248. The fourth-order valence-electron chi connectivity index (χ4n) is 2.27. The molecule has 0 saturated carbocycles. The SMILES string of the molecule is CN1CCCC(N(C)c2nc(C(C)(C)C)ns2)C1. The molecule has 1 atom stereocenters. The summed E-state index contributed by atoms with van der Waals surface area (Å²) < 4.78 is 4.50. The van der Waals surface area contributed by atoms with Crippen molar-refractivity contribution < 1.29 is 0 Å². The Morgan fingerprint density at radius 1 is 1.39 bits per heavy atom. The van der Waals surface area contributed by atoms with E-state index in [2.05, 4.69) is 49.0 Å². The highest BCUT2D eigenvalue weighted by molar-refractivity contribution is 7.09. The van der Waals surface area contributed by atoms with E-state index in [1.54, 1.807) is 0 Å². The first-order valence-corrected chi connectivity index (χ1v) is 7.41. The molecular weight excluding hydrogens is 244 g/mol. The molecule has 0 amide bonds. The summed E-state index contributed by atoms with van der Waals surface area (Å²) in [4.78, 5) is 9.40. The van der Waals surface area contributed by atoms with Crippen LogP contribution in [0.3, 0.4) is 0 Å². The highest BCUT2D eigenvalue weighted by Crippen LogP contribution is 2.27. The van der Waals surface area contributed by atoms with Crippen LogP contribution in [0.1, 0.15) is 39.4 Å². The molecule has 2 heterocycles. The lowest BCUT2D eigenvalue weighted by Crippen LogP contribution is -2.45. The van der Waals surface area contributed by atoms with E-state index in [-0.39, 0.29) is 5.41 Å². The van der Waals surface area contributed by atoms with Gasteiger partial charge in [-0.2, -0.15) is 4.37 Å². The molecule has 1 aliphatic rings. The molecule has 0 aromatic carbocycles. The Balaban J connectivity index is 2.09. The molecule has 1 aliphatic heterocycles. The van der Waals surface area contributed by atoms with Crippen LogP contribution in [0.25, 0.3) is 0 Å². The van der Waals surface area contributed by atoms with Crippen LogP contribution in [-0.2, 0) is 5.41 Å². The van der Waals surface area contributed by atoms with Crippen LogP contribution in [0.5, 0.6) is 0 Å². The van der Waals surface area contributed by atoms with Gasteiger partial charge in [-0.1, -0.05) is 20.8 Å². The van der Waals surface area contributed by atoms with E-state index >= 15 is 0 Å². The first-order valence-electron chi connectivity index (χ1n) is 6.63. The smallest absolute Gasteiger partial charge is 0.205 e. The van der Waals surface area contributed by atoms with Gasteiger partial charge < -0.3 is 9.80 Å². The molecule has 0 aliphatic carbocycles. The molecule has 1 fully saturated rings. The van der Waals surface area contributed by atoms with Gasteiger partial charge in [0.2, 0.25) is 5.13 Å². The second-order valence-corrected chi connectivity index (χ2v) is 7.05. The molecule has 1 saturated heterocycles. The summed E-state index contributed by atoms with van der Waals surface area (Å²) in [5.74, 6) is 0.957. The van der Waals surface area contributed by atoms with Gasteiger partial charge >= 0.3 is 0 Å². The number of rotatable bonds is 2. The van der Waals surface area contributed by atoms with E-state index in [1.807, 2.05) is 0 Å². The van der Waals surface area contributed by atoms with E-state index in [1.165, 1.54) is 30.9 Å². The van der Waals surface area contributed by atoms with Gasteiger partial charge in [0.1, 0.15) is 5.82 Å². The van der Waals surface area contributed by atoms with Gasteiger partial charge in [0.25, 0.3) is 0 Å². The zero-order chi connectivity index (χ0) is 13.3. The molecule has 4 nitrogen and oxygen atoms in total. The van der Waals surface area contributed by atoms with E-state index in [9.17, 15) is 0 Å². The summed E-state index contributed by atoms with van der Waals surface area (Å²) in [5, 5.41) is 1.06. The van der Waals surface area contributed by atoms with Crippen molar-refractivity contribution in [3.63, 3.8) is 0 Å². The Labute approximate surface area is 114 Å². The van der Waals surface area contributed by atoms with Gasteiger partial charge in [0, 0.05) is 36.6 Å². The van der Waals surface area contributed by atoms with E-state index in [0.717, 1.165) is 17.5 Å². The molecule has 2 rings (SSSR count). The minimum Gasteiger partial charge on any atom is -0.346 e. The normalized spacial score (nSPS) is 22.2. The lowest BCUT2D eigenvalue weighted by Gasteiger charge is -2.35. The summed E-state index contributed by atoms with van der Waals surface area (Å²) in [7, 11) is 4.34. The Kier molecular flexibility index (Phi) is 3.92. The first-order chi connectivity index (χ1) is 8.38. The summed E-state index contributed by atoms with van der Waals surface area (Å²) in [6.07, 6.45) is 2.53. The lowest BCUT2D eigenvalue weighted by atomic mass is 9.96. The van der Waals surface area contributed by atoms with Gasteiger partial charge in [-0.3, -0.25) is 0 Å². The van der Waals surface area contributed by atoms with Crippen molar-refractivity contribution in [3.8, 4) is 0 Å². The van der Waals surface area contributed by atoms with Gasteiger partial charge in [-0.25, -0.2) is 4.98 Å².